The van der Waals surface area contributed by atoms with Gasteiger partial charge in [-0.15, -0.1) is 0 Å². The normalized spacial score (nSPS) is 13.1. The van der Waals surface area contributed by atoms with E-state index >= 15 is 0 Å². The molecule has 0 spiro atoms. The van der Waals surface area contributed by atoms with E-state index in [-0.39, 0.29) is 41.7 Å². The number of methoxy groups -OCH3 is 1. The molecule has 2 aromatic rings. The van der Waals surface area contributed by atoms with Crippen molar-refractivity contribution in [3.05, 3.63) is 35.4 Å². The molecule has 1 unspecified atom stereocenters. The summed E-state index contributed by atoms with van der Waals surface area (Å²) in [4.78, 5) is 32.4. The van der Waals surface area contributed by atoms with Crippen molar-refractivity contribution < 1.29 is 32.2 Å². The van der Waals surface area contributed by atoms with Crippen LogP contribution in [0.4, 0.5) is 35.4 Å². The maximum Gasteiger partial charge on any atom is 0.416 e. The molecule has 1 heterocycles. The first-order valence-corrected chi connectivity index (χ1v) is 11.0. The van der Waals surface area contributed by atoms with Gasteiger partial charge in [-0.3, -0.25) is 4.79 Å². The lowest BCUT2D eigenvalue weighted by molar-refractivity contribution is -0.137. The number of aromatic nitrogens is 2. The van der Waals surface area contributed by atoms with Gasteiger partial charge in [-0.05, 0) is 36.5 Å². The van der Waals surface area contributed by atoms with Gasteiger partial charge >= 0.3 is 12.3 Å². The number of rotatable bonds is 9. The molecule has 0 bridgehead atoms. The number of nitrogens with two attached hydrogens (primary N) is 2. The molecule has 0 saturated carbocycles. The lowest BCUT2D eigenvalue weighted by atomic mass is 9.85. The number of nitriles is 1. The van der Waals surface area contributed by atoms with E-state index in [2.05, 4.69) is 20.6 Å². The summed E-state index contributed by atoms with van der Waals surface area (Å²) in [7, 11) is 1.26. The van der Waals surface area contributed by atoms with Crippen LogP contribution in [0.3, 0.4) is 0 Å². The van der Waals surface area contributed by atoms with E-state index in [1.54, 1.807) is 20.8 Å². The Bertz CT molecular complexity index is 1180. The van der Waals surface area contributed by atoms with E-state index in [9.17, 15) is 28.0 Å². The van der Waals surface area contributed by atoms with Crippen LogP contribution in [0.1, 0.15) is 44.7 Å². The fourth-order valence-corrected chi connectivity index (χ4v) is 3.37. The molecule has 0 saturated heterocycles. The van der Waals surface area contributed by atoms with Crippen LogP contribution in [0.2, 0.25) is 0 Å². The Morgan fingerprint density at radius 1 is 1.19 bits per heavy atom. The summed E-state index contributed by atoms with van der Waals surface area (Å²) in [5.41, 5.74) is 9.13. The molecule has 200 valence electrons. The van der Waals surface area contributed by atoms with Gasteiger partial charge in [-0.1, -0.05) is 26.8 Å². The van der Waals surface area contributed by atoms with Gasteiger partial charge in [0, 0.05) is 5.69 Å². The van der Waals surface area contributed by atoms with Crippen molar-refractivity contribution in [2.45, 2.75) is 51.9 Å². The third-order valence-corrected chi connectivity index (χ3v) is 5.23. The number of primary amides is 1. The van der Waals surface area contributed by atoms with Crippen LogP contribution in [0.25, 0.3) is 0 Å². The zero-order valence-electron chi connectivity index (χ0n) is 20.6. The Balaban J connectivity index is 2.42. The van der Waals surface area contributed by atoms with Crippen LogP contribution in [-0.2, 0) is 15.7 Å². The van der Waals surface area contributed by atoms with Crippen LogP contribution in [0.15, 0.2) is 24.3 Å². The molecule has 0 fully saturated rings. The largest absolute Gasteiger partial charge is 0.480 e. The second kappa shape index (κ2) is 11.6. The minimum Gasteiger partial charge on any atom is -0.480 e. The van der Waals surface area contributed by atoms with Crippen molar-refractivity contribution >= 4 is 29.5 Å². The summed E-state index contributed by atoms with van der Waals surface area (Å²) in [6.45, 7) is 5.40. The number of anilines is 3. The van der Waals surface area contributed by atoms with E-state index in [1.165, 1.54) is 13.2 Å². The molecule has 11 nitrogen and oxygen atoms in total. The Kier molecular flexibility index (Phi) is 9.11. The first kappa shape index (κ1) is 29.0. The Hall–Kier alpha value is -4.28. The summed E-state index contributed by atoms with van der Waals surface area (Å²) in [5, 5.41) is 14.8. The number of nitrogens with one attached hydrogen (secondary N) is 2. The lowest BCUT2D eigenvalue weighted by Crippen LogP contribution is -2.39. The van der Waals surface area contributed by atoms with E-state index < -0.39 is 41.3 Å². The molecule has 1 aromatic heterocycles. The van der Waals surface area contributed by atoms with E-state index in [0.29, 0.717) is 0 Å². The summed E-state index contributed by atoms with van der Waals surface area (Å²) in [6.07, 6.45) is -6.20. The highest BCUT2D eigenvalue weighted by molar-refractivity contribution is 5.96. The molecule has 0 radical (unpaired) electrons. The molecule has 2 amide bonds. The number of nitrogens with zero attached hydrogens (tertiary/aromatic N) is 3. The molecule has 2 rings (SSSR count). The monoisotopic (exact) mass is 523 g/mol. The van der Waals surface area contributed by atoms with Crippen molar-refractivity contribution in [2.24, 2.45) is 11.1 Å². The highest BCUT2D eigenvalue weighted by Gasteiger charge is 2.32. The lowest BCUT2D eigenvalue weighted by Gasteiger charge is -2.31. The predicted octanol–water partition coefficient (Wildman–Crippen LogP) is 3.67. The SMILES string of the molecule is COc1nc(N)nc(N[C@@H](CCC(OC(N)=O)C(C)(C)C)C(=O)Nc2cccc(C(F)(F)F)c2)c1C#N. The van der Waals surface area contributed by atoms with E-state index in [1.807, 2.05) is 6.07 Å². The second-order valence-corrected chi connectivity index (χ2v) is 9.06. The number of halogens is 3. The average Bonchev–Trinajstić information content (AvgIpc) is 2.78. The zero-order valence-corrected chi connectivity index (χ0v) is 20.6. The van der Waals surface area contributed by atoms with Gasteiger partial charge in [0.25, 0.3) is 0 Å². The average molecular weight is 524 g/mol. The van der Waals surface area contributed by atoms with Crippen LogP contribution in [0.5, 0.6) is 5.88 Å². The topological polar surface area (TPSA) is 178 Å². The molecule has 0 aliphatic heterocycles. The molecule has 2 atom stereocenters. The number of carbonyl (C=O) groups excluding carboxylic acids is 2. The molecule has 6 N–H and O–H groups in total. The number of hydrogen-bond donors (Lipinski definition) is 4. The van der Waals surface area contributed by atoms with Crippen LogP contribution in [0, 0.1) is 16.7 Å². The van der Waals surface area contributed by atoms with Gasteiger partial charge in [0.2, 0.25) is 17.7 Å². The van der Waals surface area contributed by atoms with Crippen molar-refractivity contribution in [2.75, 3.05) is 23.5 Å². The number of nitrogen functional groups attached to an aromatic ring is 1. The first-order valence-electron chi connectivity index (χ1n) is 11.0. The molecular weight excluding hydrogens is 495 g/mol. The molecule has 0 aliphatic carbocycles. The van der Waals surface area contributed by atoms with Crippen molar-refractivity contribution in [3.8, 4) is 11.9 Å². The van der Waals surface area contributed by atoms with E-state index in [4.69, 9.17) is 20.9 Å². The standard InChI is InChI=1S/C23H28F3N7O4/c1-22(2,3)16(37-21(29)35)9-8-15(31-17-14(11-27)19(36-4)33-20(28)32-17)18(34)30-13-7-5-6-12(10-13)23(24,25)26/h5-7,10,15-16H,8-9H2,1-4H3,(H2,29,35)(H,30,34)(H3,28,31,32,33)/t15-,16?/m0/s1. The fraction of sp³-hybridized carbons (Fsp3) is 0.435. The number of carbonyl (C=O) groups is 2. The van der Waals surface area contributed by atoms with Crippen LogP contribution >= 0.6 is 0 Å². The maximum atomic E-state index is 13.2. The number of benzene rings is 1. The quantitative estimate of drug-likeness (QED) is 0.382. The Labute approximate surface area is 211 Å². The van der Waals surface area contributed by atoms with Gasteiger partial charge in [0.05, 0.1) is 12.7 Å². The summed E-state index contributed by atoms with van der Waals surface area (Å²) < 4.78 is 49.6. The highest BCUT2D eigenvalue weighted by atomic mass is 19.4. The summed E-state index contributed by atoms with van der Waals surface area (Å²) in [5.74, 6) is -1.26. The van der Waals surface area contributed by atoms with Gasteiger partial charge < -0.3 is 31.6 Å². The van der Waals surface area contributed by atoms with Crippen LogP contribution in [-0.4, -0.2) is 41.2 Å². The summed E-state index contributed by atoms with van der Waals surface area (Å²) >= 11 is 0. The van der Waals surface area contributed by atoms with Gasteiger partial charge in [0.15, 0.2) is 11.4 Å². The van der Waals surface area contributed by atoms with Gasteiger partial charge in [0.1, 0.15) is 18.2 Å². The fourth-order valence-electron chi connectivity index (χ4n) is 3.37. The third-order valence-electron chi connectivity index (χ3n) is 5.23. The minimum atomic E-state index is -4.61. The molecule has 0 aliphatic rings. The van der Waals surface area contributed by atoms with Crippen molar-refractivity contribution in [1.29, 1.82) is 5.26 Å². The Morgan fingerprint density at radius 2 is 1.86 bits per heavy atom. The van der Waals surface area contributed by atoms with E-state index in [0.717, 1.165) is 18.2 Å². The Morgan fingerprint density at radius 3 is 2.41 bits per heavy atom. The maximum absolute atomic E-state index is 13.2. The third kappa shape index (κ3) is 8.13. The second-order valence-electron chi connectivity index (χ2n) is 9.06. The first-order chi connectivity index (χ1) is 17.1. The smallest absolute Gasteiger partial charge is 0.416 e. The van der Waals surface area contributed by atoms with Crippen LogP contribution < -0.4 is 26.8 Å². The molecule has 37 heavy (non-hydrogen) atoms. The zero-order chi connectivity index (χ0) is 28.0. The van der Waals surface area contributed by atoms with Crippen molar-refractivity contribution in [1.82, 2.24) is 9.97 Å². The molecule has 1 aromatic carbocycles. The summed E-state index contributed by atoms with van der Waals surface area (Å²) in [6, 6.07) is 4.81. The van der Waals surface area contributed by atoms with Gasteiger partial charge in [-0.2, -0.15) is 28.4 Å². The number of amides is 2. The minimum absolute atomic E-state index is 0.00287. The highest BCUT2D eigenvalue weighted by Crippen LogP contribution is 2.31. The molecular formula is C23H28F3N7O4. The number of ether oxygens (including phenoxy) is 2. The molecule has 14 heteroatoms. The van der Waals surface area contributed by atoms with Gasteiger partial charge in [-0.25, -0.2) is 4.79 Å². The number of hydrogen-bond acceptors (Lipinski definition) is 9. The predicted molar refractivity (Wildman–Crippen MR) is 128 cm³/mol. The number of alkyl halides is 3. The van der Waals surface area contributed by atoms with Crippen molar-refractivity contribution in [3.63, 3.8) is 0 Å².